The molecule has 1 heterocycles. The van der Waals surface area contributed by atoms with Gasteiger partial charge in [0.05, 0.1) is 6.54 Å². The second kappa shape index (κ2) is 8.56. The summed E-state index contributed by atoms with van der Waals surface area (Å²) in [7, 11) is 0. The number of hydrogen-bond acceptors (Lipinski definition) is 0. The topological polar surface area (TPSA) is 8.81 Å². The van der Waals surface area contributed by atoms with Crippen LogP contribution in [-0.4, -0.2) is 4.57 Å². The van der Waals surface area contributed by atoms with E-state index in [2.05, 4.69) is 116 Å². The Labute approximate surface area is 164 Å². The molecule has 0 bridgehead atoms. The van der Waals surface area contributed by atoms with Crippen LogP contribution >= 0.6 is 0 Å². The van der Waals surface area contributed by atoms with Gasteiger partial charge in [0.15, 0.2) is 0 Å². The first-order chi connectivity index (χ1) is 13.0. The first-order valence-electron chi connectivity index (χ1n) is 10.2. The zero-order valence-electron chi connectivity index (χ0n) is 17.2. The number of aromatic nitrogens is 2. The predicted octanol–water partition coefficient (Wildman–Crippen LogP) is 5.58. The van der Waals surface area contributed by atoms with E-state index in [1.807, 2.05) is 0 Å². The molecule has 0 N–H and O–H groups in total. The summed E-state index contributed by atoms with van der Waals surface area (Å²) in [4.78, 5) is 0. The van der Waals surface area contributed by atoms with Crippen molar-refractivity contribution < 1.29 is 4.57 Å². The highest BCUT2D eigenvalue weighted by Gasteiger charge is 2.42. The average Bonchev–Trinajstić information content (AvgIpc) is 3.11. The van der Waals surface area contributed by atoms with E-state index in [9.17, 15) is 0 Å². The van der Waals surface area contributed by atoms with Gasteiger partial charge in [-0.3, -0.25) is 0 Å². The highest BCUT2D eigenvalue weighted by molar-refractivity contribution is 5.31. The first kappa shape index (κ1) is 19.4. The van der Waals surface area contributed by atoms with Crippen molar-refractivity contribution in [2.24, 2.45) is 5.92 Å². The molecule has 0 spiro atoms. The molecule has 0 aliphatic heterocycles. The molecular weight excluding hydrogens is 328 g/mol. The molecule has 0 radical (unpaired) electrons. The molecule has 27 heavy (non-hydrogen) atoms. The normalized spacial score (nSPS) is 14.9. The van der Waals surface area contributed by atoms with Gasteiger partial charge >= 0.3 is 0 Å². The number of nitrogens with zero attached hydrogens (tertiary/aromatic N) is 2. The van der Waals surface area contributed by atoms with Crippen LogP contribution in [0.15, 0.2) is 79.4 Å². The lowest BCUT2D eigenvalue weighted by Crippen LogP contribution is -2.40. The zero-order valence-corrected chi connectivity index (χ0v) is 17.2. The molecule has 3 aromatic rings. The maximum Gasteiger partial charge on any atom is 0.244 e. The van der Waals surface area contributed by atoms with E-state index in [0.717, 1.165) is 19.4 Å². The lowest BCUT2D eigenvalue weighted by atomic mass is 9.68. The van der Waals surface area contributed by atoms with Crippen LogP contribution < -0.4 is 4.57 Å². The zero-order chi connectivity index (χ0) is 19.3. The average molecular weight is 362 g/mol. The fourth-order valence-corrected chi connectivity index (χ4v) is 4.59. The fourth-order valence-electron chi connectivity index (χ4n) is 4.59. The van der Waals surface area contributed by atoms with Crippen LogP contribution in [0.4, 0.5) is 0 Å². The number of aryl methyl sites for hydroxylation is 1. The summed E-state index contributed by atoms with van der Waals surface area (Å²) in [5, 5.41) is 0. The van der Waals surface area contributed by atoms with Crippen molar-refractivity contribution in [2.75, 3.05) is 0 Å². The van der Waals surface area contributed by atoms with Crippen LogP contribution in [0, 0.1) is 5.92 Å². The van der Waals surface area contributed by atoms with Gasteiger partial charge in [0, 0.05) is 5.41 Å². The van der Waals surface area contributed by atoms with Gasteiger partial charge in [0.25, 0.3) is 0 Å². The van der Waals surface area contributed by atoms with Crippen molar-refractivity contribution >= 4 is 0 Å². The van der Waals surface area contributed by atoms with Crippen molar-refractivity contribution in [3.63, 3.8) is 0 Å². The summed E-state index contributed by atoms with van der Waals surface area (Å²) in [5.41, 5.74) is 2.80. The Morgan fingerprint density at radius 1 is 0.963 bits per heavy atom. The largest absolute Gasteiger partial charge is 0.244 e. The molecule has 3 rings (SSSR count). The Bertz CT molecular complexity index is 820. The highest BCUT2D eigenvalue weighted by Crippen LogP contribution is 2.42. The van der Waals surface area contributed by atoms with Crippen LogP contribution in [0.1, 0.15) is 51.3 Å². The lowest BCUT2D eigenvalue weighted by molar-refractivity contribution is -0.696. The summed E-state index contributed by atoms with van der Waals surface area (Å²) in [6, 6.07) is 22.3. The second-order valence-electron chi connectivity index (χ2n) is 8.23. The van der Waals surface area contributed by atoms with Gasteiger partial charge in [0.2, 0.25) is 6.33 Å². The molecule has 2 atom stereocenters. The summed E-state index contributed by atoms with van der Waals surface area (Å²) in [6.07, 6.45) is 8.94. The van der Waals surface area contributed by atoms with Gasteiger partial charge in [-0.1, -0.05) is 88.4 Å². The molecule has 0 saturated carbocycles. The Morgan fingerprint density at radius 2 is 1.59 bits per heavy atom. The number of benzene rings is 2. The SMILES string of the molecule is CCC[n+]1ccn(C(C(C)C)C(C)(Cc2ccccc2)c2ccccc2)c1. The number of rotatable bonds is 8. The van der Waals surface area contributed by atoms with Crippen molar-refractivity contribution in [3.05, 3.63) is 90.5 Å². The van der Waals surface area contributed by atoms with Crippen LogP contribution in [0.25, 0.3) is 0 Å². The summed E-state index contributed by atoms with van der Waals surface area (Å²) < 4.78 is 4.75. The minimum atomic E-state index is -0.000154. The second-order valence-corrected chi connectivity index (χ2v) is 8.23. The molecule has 142 valence electrons. The summed E-state index contributed by atoms with van der Waals surface area (Å²) in [5.74, 6) is 0.515. The van der Waals surface area contributed by atoms with E-state index < -0.39 is 0 Å². The summed E-state index contributed by atoms with van der Waals surface area (Å²) >= 11 is 0. The van der Waals surface area contributed by atoms with Gasteiger partial charge in [-0.2, -0.15) is 0 Å². The highest BCUT2D eigenvalue weighted by atomic mass is 15.1. The van der Waals surface area contributed by atoms with Gasteiger partial charge in [-0.05, 0) is 29.9 Å². The quantitative estimate of drug-likeness (QED) is 0.463. The van der Waals surface area contributed by atoms with E-state index in [4.69, 9.17) is 0 Å². The van der Waals surface area contributed by atoms with E-state index in [-0.39, 0.29) is 5.41 Å². The summed E-state index contributed by atoms with van der Waals surface area (Å²) in [6.45, 7) is 10.4. The van der Waals surface area contributed by atoms with Crippen molar-refractivity contribution in [3.8, 4) is 0 Å². The van der Waals surface area contributed by atoms with Crippen LogP contribution in [-0.2, 0) is 18.4 Å². The Kier molecular flexibility index (Phi) is 6.15. The van der Waals surface area contributed by atoms with Crippen molar-refractivity contribution in [1.82, 2.24) is 4.57 Å². The Balaban J connectivity index is 2.08. The fraction of sp³-hybridized carbons (Fsp3) is 0.400. The molecule has 0 saturated heterocycles. The molecular formula is C25H33N2+. The van der Waals surface area contributed by atoms with E-state index in [1.165, 1.54) is 11.1 Å². The molecule has 2 heteroatoms. The van der Waals surface area contributed by atoms with Crippen molar-refractivity contribution in [2.45, 2.75) is 58.5 Å². The maximum absolute atomic E-state index is 2.44. The third kappa shape index (κ3) is 4.32. The van der Waals surface area contributed by atoms with E-state index >= 15 is 0 Å². The van der Waals surface area contributed by atoms with Crippen LogP contribution in [0.3, 0.4) is 0 Å². The smallest absolute Gasteiger partial charge is 0.237 e. The minimum absolute atomic E-state index is 0.000154. The molecule has 2 nitrogen and oxygen atoms in total. The minimum Gasteiger partial charge on any atom is -0.237 e. The molecule has 0 aliphatic rings. The third-order valence-corrected chi connectivity index (χ3v) is 5.65. The lowest BCUT2D eigenvalue weighted by Gasteiger charge is -2.38. The first-order valence-corrected chi connectivity index (χ1v) is 10.2. The van der Waals surface area contributed by atoms with Gasteiger partial charge in [0.1, 0.15) is 18.4 Å². The molecule has 0 fully saturated rings. The molecule has 0 amide bonds. The van der Waals surface area contributed by atoms with Crippen LogP contribution in [0.2, 0.25) is 0 Å². The Hall–Kier alpha value is -2.35. The monoisotopic (exact) mass is 361 g/mol. The van der Waals surface area contributed by atoms with E-state index in [1.54, 1.807) is 0 Å². The molecule has 2 aromatic carbocycles. The maximum atomic E-state index is 2.44. The van der Waals surface area contributed by atoms with Gasteiger partial charge < -0.3 is 0 Å². The molecule has 0 aliphatic carbocycles. The van der Waals surface area contributed by atoms with Gasteiger partial charge in [-0.25, -0.2) is 9.13 Å². The number of imidazole rings is 1. The standard InChI is InChI=1S/C25H33N2/c1-5-16-26-17-18-27(20-26)24(21(2)3)25(4,23-14-10-7-11-15-23)19-22-12-8-6-9-13-22/h6-15,17-18,20-21,24H,5,16,19H2,1-4H3/q+1. The number of hydrogen-bond donors (Lipinski definition) is 0. The Morgan fingerprint density at radius 3 is 2.19 bits per heavy atom. The third-order valence-electron chi connectivity index (χ3n) is 5.65. The predicted molar refractivity (Wildman–Crippen MR) is 113 cm³/mol. The molecule has 1 aromatic heterocycles. The van der Waals surface area contributed by atoms with Gasteiger partial charge in [-0.15, -0.1) is 0 Å². The molecule has 2 unspecified atom stereocenters. The van der Waals surface area contributed by atoms with Crippen LogP contribution in [0.5, 0.6) is 0 Å². The van der Waals surface area contributed by atoms with Crippen molar-refractivity contribution in [1.29, 1.82) is 0 Å². The van der Waals surface area contributed by atoms with E-state index in [0.29, 0.717) is 12.0 Å².